The average Bonchev–Trinajstić information content (AvgIpc) is 2.73. The summed E-state index contributed by atoms with van der Waals surface area (Å²) in [5.41, 5.74) is 3.81. The highest BCUT2D eigenvalue weighted by molar-refractivity contribution is 5.90. The predicted molar refractivity (Wildman–Crippen MR) is 64.9 cm³/mol. The molecule has 0 unspecified atom stereocenters. The number of hydrogen-bond donors (Lipinski definition) is 0. The molecule has 0 aliphatic rings. The first-order chi connectivity index (χ1) is 8.25. The van der Waals surface area contributed by atoms with Gasteiger partial charge in [0, 0.05) is 5.56 Å². The molecule has 0 amide bonds. The SMILES string of the molecule is Cc1ccc(-c2ccccc2)c2oc(=O)oc12. The Kier molecular flexibility index (Phi) is 2.11. The summed E-state index contributed by atoms with van der Waals surface area (Å²) >= 11 is 0. The molecule has 17 heavy (non-hydrogen) atoms. The van der Waals surface area contributed by atoms with Crippen molar-refractivity contribution >= 4 is 11.2 Å². The highest BCUT2D eigenvalue weighted by Gasteiger charge is 2.12. The van der Waals surface area contributed by atoms with Crippen LogP contribution in [0.25, 0.3) is 22.3 Å². The van der Waals surface area contributed by atoms with Gasteiger partial charge in [0.05, 0.1) is 0 Å². The summed E-state index contributed by atoms with van der Waals surface area (Å²) in [6.07, 6.45) is 0. The molecule has 0 bridgehead atoms. The van der Waals surface area contributed by atoms with Crippen LogP contribution in [0.15, 0.2) is 56.1 Å². The molecule has 3 aromatic rings. The number of rotatable bonds is 1. The minimum absolute atomic E-state index is 0.515. The van der Waals surface area contributed by atoms with Crippen molar-refractivity contribution in [2.75, 3.05) is 0 Å². The Morgan fingerprint density at radius 3 is 2.35 bits per heavy atom. The summed E-state index contributed by atoms with van der Waals surface area (Å²) in [6.45, 7) is 1.88. The molecule has 0 aliphatic carbocycles. The van der Waals surface area contributed by atoms with Gasteiger partial charge in [0.25, 0.3) is 0 Å². The van der Waals surface area contributed by atoms with E-state index in [0.717, 1.165) is 16.7 Å². The Labute approximate surface area is 97.3 Å². The second-order valence-corrected chi connectivity index (χ2v) is 3.91. The van der Waals surface area contributed by atoms with E-state index >= 15 is 0 Å². The monoisotopic (exact) mass is 226 g/mol. The molecule has 0 aliphatic heterocycles. The number of benzene rings is 2. The lowest BCUT2D eigenvalue weighted by Crippen LogP contribution is -1.84. The van der Waals surface area contributed by atoms with Gasteiger partial charge in [-0.2, -0.15) is 0 Å². The van der Waals surface area contributed by atoms with E-state index < -0.39 is 5.82 Å². The lowest BCUT2D eigenvalue weighted by atomic mass is 10.0. The van der Waals surface area contributed by atoms with Crippen LogP contribution < -0.4 is 5.82 Å². The first-order valence-electron chi connectivity index (χ1n) is 5.34. The van der Waals surface area contributed by atoms with Crippen molar-refractivity contribution in [1.29, 1.82) is 0 Å². The third kappa shape index (κ3) is 1.56. The van der Waals surface area contributed by atoms with E-state index in [1.807, 2.05) is 49.4 Å². The van der Waals surface area contributed by atoms with E-state index in [1.54, 1.807) is 0 Å². The molecule has 3 nitrogen and oxygen atoms in total. The summed E-state index contributed by atoms with van der Waals surface area (Å²) < 4.78 is 10.2. The Morgan fingerprint density at radius 2 is 1.59 bits per heavy atom. The number of fused-ring (bicyclic) bond motifs is 1. The van der Waals surface area contributed by atoms with Crippen LogP contribution >= 0.6 is 0 Å². The van der Waals surface area contributed by atoms with Gasteiger partial charge in [-0.3, -0.25) is 0 Å². The van der Waals surface area contributed by atoms with Gasteiger partial charge in [-0.15, -0.1) is 0 Å². The first kappa shape index (κ1) is 9.90. The van der Waals surface area contributed by atoms with Gasteiger partial charge < -0.3 is 8.83 Å². The van der Waals surface area contributed by atoms with Crippen molar-refractivity contribution in [3.05, 3.63) is 58.6 Å². The van der Waals surface area contributed by atoms with Gasteiger partial charge in [-0.1, -0.05) is 42.5 Å². The summed E-state index contributed by atoms with van der Waals surface area (Å²) in [4.78, 5) is 11.2. The van der Waals surface area contributed by atoms with Crippen LogP contribution in [0.4, 0.5) is 0 Å². The van der Waals surface area contributed by atoms with Crippen LogP contribution in [0.3, 0.4) is 0 Å². The Bertz CT molecular complexity index is 720. The van der Waals surface area contributed by atoms with E-state index in [4.69, 9.17) is 8.83 Å². The largest absolute Gasteiger partial charge is 0.519 e. The second kappa shape index (κ2) is 3.63. The minimum atomic E-state index is -0.661. The maximum absolute atomic E-state index is 11.2. The van der Waals surface area contributed by atoms with Crippen LogP contribution in [-0.2, 0) is 0 Å². The van der Waals surface area contributed by atoms with E-state index in [9.17, 15) is 4.79 Å². The number of aryl methyl sites for hydroxylation is 1. The predicted octanol–water partition coefficient (Wildman–Crippen LogP) is 3.36. The molecule has 0 spiro atoms. The van der Waals surface area contributed by atoms with E-state index in [1.165, 1.54) is 0 Å². The van der Waals surface area contributed by atoms with Crippen LogP contribution in [0.2, 0.25) is 0 Å². The summed E-state index contributed by atoms with van der Waals surface area (Å²) in [5.74, 6) is -0.661. The van der Waals surface area contributed by atoms with Gasteiger partial charge in [-0.05, 0) is 18.1 Å². The fourth-order valence-electron chi connectivity index (χ4n) is 1.92. The van der Waals surface area contributed by atoms with Crippen LogP contribution in [-0.4, -0.2) is 0 Å². The van der Waals surface area contributed by atoms with Crippen LogP contribution in [0.1, 0.15) is 5.56 Å². The molecule has 3 rings (SSSR count). The van der Waals surface area contributed by atoms with Crippen molar-refractivity contribution in [1.82, 2.24) is 0 Å². The molecule has 0 N–H and O–H groups in total. The topological polar surface area (TPSA) is 43.4 Å². The Hall–Kier alpha value is -2.29. The average molecular weight is 226 g/mol. The van der Waals surface area contributed by atoms with Crippen molar-refractivity contribution in [2.24, 2.45) is 0 Å². The summed E-state index contributed by atoms with van der Waals surface area (Å²) in [5, 5.41) is 0. The lowest BCUT2D eigenvalue weighted by Gasteiger charge is -2.02. The van der Waals surface area contributed by atoms with Crippen molar-refractivity contribution in [3.63, 3.8) is 0 Å². The fourth-order valence-corrected chi connectivity index (χ4v) is 1.92. The molecule has 0 radical (unpaired) electrons. The lowest BCUT2D eigenvalue weighted by molar-refractivity contribution is 0.409. The third-order valence-electron chi connectivity index (χ3n) is 2.76. The number of hydrogen-bond acceptors (Lipinski definition) is 3. The quantitative estimate of drug-likeness (QED) is 0.639. The molecule has 0 atom stereocenters. The zero-order chi connectivity index (χ0) is 11.8. The Morgan fingerprint density at radius 1 is 0.882 bits per heavy atom. The van der Waals surface area contributed by atoms with Crippen LogP contribution in [0, 0.1) is 6.92 Å². The smallest absolute Gasteiger partial charge is 0.390 e. The molecule has 2 aromatic carbocycles. The van der Waals surface area contributed by atoms with E-state index in [-0.39, 0.29) is 0 Å². The molecule has 0 saturated heterocycles. The molecular weight excluding hydrogens is 216 g/mol. The van der Waals surface area contributed by atoms with Crippen molar-refractivity contribution in [2.45, 2.75) is 6.92 Å². The van der Waals surface area contributed by atoms with E-state index in [2.05, 4.69) is 0 Å². The minimum Gasteiger partial charge on any atom is -0.390 e. The van der Waals surface area contributed by atoms with Gasteiger partial charge >= 0.3 is 5.82 Å². The molecule has 1 aromatic heterocycles. The summed E-state index contributed by atoms with van der Waals surface area (Å²) in [6, 6.07) is 13.6. The summed E-state index contributed by atoms with van der Waals surface area (Å²) in [7, 11) is 0. The molecule has 3 heteroatoms. The van der Waals surface area contributed by atoms with Crippen molar-refractivity contribution in [3.8, 4) is 11.1 Å². The first-order valence-corrected chi connectivity index (χ1v) is 5.34. The normalized spacial score (nSPS) is 10.9. The maximum atomic E-state index is 11.2. The van der Waals surface area contributed by atoms with Gasteiger partial charge in [-0.25, -0.2) is 4.79 Å². The Balaban J connectivity index is 2.38. The zero-order valence-electron chi connectivity index (χ0n) is 9.27. The molecule has 1 heterocycles. The zero-order valence-corrected chi connectivity index (χ0v) is 9.27. The molecular formula is C14H10O3. The molecule has 84 valence electrons. The highest BCUT2D eigenvalue weighted by atomic mass is 16.6. The van der Waals surface area contributed by atoms with Gasteiger partial charge in [0.15, 0.2) is 11.2 Å². The molecule has 0 fully saturated rings. The molecule has 0 saturated carbocycles. The maximum Gasteiger partial charge on any atom is 0.519 e. The second-order valence-electron chi connectivity index (χ2n) is 3.91. The highest BCUT2D eigenvalue weighted by Crippen LogP contribution is 2.29. The van der Waals surface area contributed by atoms with Crippen LogP contribution in [0.5, 0.6) is 0 Å². The fraction of sp³-hybridized carbons (Fsp3) is 0.0714. The van der Waals surface area contributed by atoms with E-state index in [0.29, 0.717) is 11.2 Å². The standard InChI is InChI=1S/C14H10O3/c1-9-7-8-11(10-5-3-2-4-6-10)13-12(9)16-14(15)17-13/h2-8H,1H3. The van der Waals surface area contributed by atoms with Gasteiger partial charge in [0.2, 0.25) is 0 Å². The third-order valence-corrected chi connectivity index (χ3v) is 2.76. The van der Waals surface area contributed by atoms with Gasteiger partial charge in [0.1, 0.15) is 0 Å². The van der Waals surface area contributed by atoms with Crippen molar-refractivity contribution < 1.29 is 8.83 Å².